The van der Waals surface area contributed by atoms with E-state index in [4.69, 9.17) is 4.74 Å². The van der Waals surface area contributed by atoms with Gasteiger partial charge in [0, 0.05) is 0 Å². The van der Waals surface area contributed by atoms with Gasteiger partial charge in [0.15, 0.2) is 0 Å². The summed E-state index contributed by atoms with van der Waals surface area (Å²) in [5, 5.41) is 0. The summed E-state index contributed by atoms with van der Waals surface area (Å²) in [5.41, 5.74) is 7.11. The van der Waals surface area contributed by atoms with E-state index < -0.39 is 0 Å². The Morgan fingerprint density at radius 2 is 1.61 bits per heavy atom. The third kappa shape index (κ3) is 7.70. The summed E-state index contributed by atoms with van der Waals surface area (Å²) in [6.07, 6.45) is 16.3. The first-order valence-electron chi connectivity index (χ1n) is 11.0. The van der Waals surface area contributed by atoms with Crippen LogP contribution in [-0.2, 0) is 6.42 Å². The van der Waals surface area contributed by atoms with Crippen molar-refractivity contribution in [3.63, 3.8) is 0 Å². The van der Waals surface area contributed by atoms with Gasteiger partial charge in [-0.05, 0) is 105 Å². The molecule has 2 rings (SSSR count). The van der Waals surface area contributed by atoms with Crippen LogP contribution in [-0.4, -0.2) is 5.60 Å². The molecule has 1 heteroatoms. The van der Waals surface area contributed by atoms with Crippen molar-refractivity contribution in [1.82, 2.24) is 0 Å². The molecular weight excluding hydrogens is 340 g/mol. The maximum absolute atomic E-state index is 6.38. The number of ether oxygens (including phenoxy) is 1. The number of rotatable bonds is 9. The molecule has 0 unspecified atom stereocenters. The van der Waals surface area contributed by atoms with Crippen LogP contribution in [0, 0.1) is 6.92 Å². The summed E-state index contributed by atoms with van der Waals surface area (Å²) in [6, 6.07) is 6.58. The van der Waals surface area contributed by atoms with Gasteiger partial charge in [0.25, 0.3) is 0 Å². The Labute approximate surface area is 173 Å². The van der Waals surface area contributed by atoms with Crippen LogP contribution in [0.5, 0.6) is 5.75 Å². The highest BCUT2D eigenvalue weighted by molar-refractivity contribution is 5.39. The summed E-state index contributed by atoms with van der Waals surface area (Å²) < 4.78 is 6.38. The van der Waals surface area contributed by atoms with Gasteiger partial charge in [-0.15, -0.1) is 0 Å². The first-order valence-corrected chi connectivity index (χ1v) is 11.0. The average molecular weight is 381 g/mol. The monoisotopic (exact) mass is 380 g/mol. The van der Waals surface area contributed by atoms with Crippen molar-refractivity contribution in [3.05, 3.63) is 64.3 Å². The van der Waals surface area contributed by atoms with E-state index >= 15 is 0 Å². The van der Waals surface area contributed by atoms with Crippen LogP contribution in [0.3, 0.4) is 0 Å². The second-order valence-electron chi connectivity index (χ2n) is 9.16. The quantitative estimate of drug-likeness (QED) is 0.392. The van der Waals surface area contributed by atoms with E-state index in [1.54, 1.807) is 0 Å². The Morgan fingerprint density at radius 3 is 2.29 bits per heavy atom. The standard InChI is InChI=1S/C27H40O/c1-21(2)10-7-11-22(3)12-8-13-23(4)14-9-18-27(6)19-17-25-20-24(5)15-16-26(25)28-27/h10,12,14-16,20H,7-9,11,13,17-19H2,1-6H3/b22-12+,23-14+/t27-/m1/s1. The molecule has 0 spiro atoms. The summed E-state index contributed by atoms with van der Waals surface area (Å²) >= 11 is 0. The van der Waals surface area contributed by atoms with Crippen molar-refractivity contribution in [2.75, 3.05) is 0 Å². The lowest BCUT2D eigenvalue weighted by atomic mass is 9.88. The Kier molecular flexibility index (Phi) is 8.60. The van der Waals surface area contributed by atoms with Gasteiger partial charge in [-0.25, -0.2) is 0 Å². The van der Waals surface area contributed by atoms with E-state index in [9.17, 15) is 0 Å². The molecule has 0 N–H and O–H groups in total. The van der Waals surface area contributed by atoms with E-state index in [-0.39, 0.29) is 5.60 Å². The van der Waals surface area contributed by atoms with E-state index in [0.29, 0.717) is 0 Å². The molecule has 1 heterocycles. The van der Waals surface area contributed by atoms with Gasteiger partial charge in [-0.2, -0.15) is 0 Å². The minimum Gasteiger partial charge on any atom is -0.487 e. The van der Waals surface area contributed by atoms with Gasteiger partial charge in [-0.3, -0.25) is 0 Å². The molecule has 0 amide bonds. The predicted molar refractivity (Wildman–Crippen MR) is 123 cm³/mol. The second-order valence-corrected chi connectivity index (χ2v) is 9.16. The first kappa shape index (κ1) is 22.5. The Morgan fingerprint density at radius 1 is 0.964 bits per heavy atom. The summed E-state index contributed by atoms with van der Waals surface area (Å²) in [6.45, 7) is 13.3. The first-order chi connectivity index (χ1) is 13.3. The Balaban J connectivity index is 1.74. The number of hydrogen-bond acceptors (Lipinski definition) is 1. The molecule has 1 aromatic rings. The van der Waals surface area contributed by atoms with Gasteiger partial charge >= 0.3 is 0 Å². The highest BCUT2D eigenvalue weighted by Crippen LogP contribution is 2.36. The second kappa shape index (κ2) is 10.7. The Bertz CT molecular complexity index is 731. The lowest BCUT2D eigenvalue weighted by molar-refractivity contribution is 0.0571. The summed E-state index contributed by atoms with van der Waals surface area (Å²) in [4.78, 5) is 0. The molecule has 0 saturated carbocycles. The molecule has 28 heavy (non-hydrogen) atoms. The molecule has 1 aromatic carbocycles. The van der Waals surface area contributed by atoms with Gasteiger partial charge in [0.2, 0.25) is 0 Å². The van der Waals surface area contributed by atoms with Gasteiger partial charge < -0.3 is 4.74 Å². The van der Waals surface area contributed by atoms with Gasteiger partial charge in [0.1, 0.15) is 11.4 Å². The van der Waals surface area contributed by atoms with Crippen molar-refractivity contribution in [2.45, 2.75) is 98.5 Å². The molecule has 0 bridgehead atoms. The van der Waals surface area contributed by atoms with Crippen molar-refractivity contribution >= 4 is 0 Å². The van der Waals surface area contributed by atoms with Crippen LogP contribution >= 0.6 is 0 Å². The topological polar surface area (TPSA) is 9.23 Å². The molecule has 1 aliphatic heterocycles. The summed E-state index contributed by atoms with van der Waals surface area (Å²) in [5.74, 6) is 1.09. The molecule has 0 aromatic heterocycles. The van der Waals surface area contributed by atoms with Crippen LogP contribution in [0.15, 0.2) is 53.1 Å². The van der Waals surface area contributed by atoms with Crippen molar-refractivity contribution in [3.8, 4) is 5.75 Å². The molecule has 154 valence electrons. The third-order valence-corrected chi connectivity index (χ3v) is 5.78. The number of fused-ring (bicyclic) bond motifs is 1. The zero-order valence-electron chi connectivity index (χ0n) is 19.0. The number of allylic oxidation sites excluding steroid dienone is 6. The lowest BCUT2D eigenvalue weighted by Crippen LogP contribution is -2.36. The molecule has 0 saturated heterocycles. The van der Waals surface area contributed by atoms with E-state index in [1.165, 1.54) is 47.1 Å². The van der Waals surface area contributed by atoms with Crippen LogP contribution < -0.4 is 4.74 Å². The average Bonchev–Trinajstić information content (AvgIpc) is 2.61. The maximum atomic E-state index is 6.38. The highest BCUT2D eigenvalue weighted by atomic mass is 16.5. The van der Waals surface area contributed by atoms with Crippen molar-refractivity contribution in [1.29, 1.82) is 0 Å². The van der Waals surface area contributed by atoms with E-state index in [0.717, 1.165) is 37.9 Å². The zero-order valence-corrected chi connectivity index (χ0v) is 19.0. The van der Waals surface area contributed by atoms with Crippen LogP contribution in [0.2, 0.25) is 0 Å². The van der Waals surface area contributed by atoms with E-state index in [2.05, 4.69) is 78.0 Å². The fourth-order valence-electron chi connectivity index (χ4n) is 3.86. The fraction of sp³-hybridized carbons (Fsp3) is 0.556. The molecule has 0 radical (unpaired) electrons. The normalized spacial score (nSPS) is 19.8. The van der Waals surface area contributed by atoms with Crippen molar-refractivity contribution in [2.24, 2.45) is 0 Å². The van der Waals surface area contributed by atoms with Gasteiger partial charge in [0.05, 0.1) is 0 Å². The van der Waals surface area contributed by atoms with Crippen LogP contribution in [0.4, 0.5) is 0 Å². The fourth-order valence-corrected chi connectivity index (χ4v) is 3.86. The lowest BCUT2D eigenvalue weighted by Gasteiger charge is -2.36. The van der Waals surface area contributed by atoms with Crippen LogP contribution in [0.25, 0.3) is 0 Å². The minimum absolute atomic E-state index is 0.0273. The maximum Gasteiger partial charge on any atom is 0.123 e. The van der Waals surface area contributed by atoms with Crippen LogP contribution in [0.1, 0.15) is 90.7 Å². The molecule has 0 fully saturated rings. The minimum atomic E-state index is -0.0273. The van der Waals surface area contributed by atoms with Crippen molar-refractivity contribution < 1.29 is 4.74 Å². The third-order valence-electron chi connectivity index (χ3n) is 5.78. The largest absolute Gasteiger partial charge is 0.487 e. The Hall–Kier alpha value is -1.76. The smallest absolute Gasteiger partial charge is 0.123 e. The van der Waals surface area contributed by atoms with E-state index in [1.807, 2.05) is 0 Å². The molecule has 1 nitrogen and oxygen atoms in total. The highest BCUT2D eigenvalue weighted by Gasteiger charge is 2.30. The molecule has 1 atom stereocenters. The predicted octanol–water partition coefficient (Wildman–Crippen LogP) is 8.28. The molecular formula is C27H40O. The SMILES string of the molecule is CC(C)=CCC/C(C)=C/CC/C(C)=C/CC[C@]1(C)CCc2cc(C)ccc2O1. The molecule has 1 aliphatic rings. The number of hydrogen-bond donors (Lipinski definition) is 0. The summed E-state index contributed by atoms with van der Waals surface area (Å²) in [7, 11) is 0. The number of benzene rings is 1. The molecule has 0 aliphatic carbocycles. The zero-order chi connectivity index (χ0) is 20.6. The van der Waals surface area contributed by atoms with Gasteiger partial charge in [-0.1, -0.05) is 52.6 Å². The number of aryl methyl sites for hydroxylation is 2.